The van der Waals surface area contributed by atoms with Crippen molar-refractivity contribution < 1.29 is 0 Å². The molecule has 0 bridgehead atoms. The number of fused-ring (bicyclic) bond motifs is 1. The highest BCUT2D eigenvalue weighted by Gasteiger charge is 2.21. The third-order valence-electron chi connectivity index (χ3n) is 5.25. The molecular weight excluding hydrogens is 358 g/mol. The van der Waals surface area contributed by atoms with E-state index >= 15 is 0 Å². The monoisotopic (exact) mass is 385 g/mol. The molecule has 2 aromatic carbocycles. The maximum Gasteiger partial charge on any atom is 0.146 e. The van der Waals surface area contributed by atoms with Gasteiger partial charge in [-0.25, -0.2) is 9.97 Å². The van der Waals surface area contributed by atoms with Gasteiger partial charge in [0.15, 0.2) is 0 Å². The van der Waals surface area contributed by atoms with Crippen molar-refractivity contribution in [3.8, 4) is 11.1 Å². The van der Waals surface area contributed by atoms with E-state index in [0.29, 0.717) is 5.82 Å². The van der Waals surface area contributed by atoms with E-state index in [4.69, 9.17) is 5.73 Å². The summed E-state index contributed by atoms with van der Waals surface area (Å²) in [5, 5.41) is 4.07. The van der Waals surface area contributed by atoms with E-state index in [9.17, 15) is 0 Å². The standard InChI is InChI=1S/C24H27N5/c1-24(2,3)29-14-20(21-22(25)27-15-28-23(21)29)18-9-5-16(6-10-18)13-17-7-11-19(26-4)12-8-17/h5-12,14-15,26H,13H2,1-4H3,(H2,25,27,28). The third kappa shape index (κ3) is 3.68. The van der Waals surface area contributed by atoms with Gasteiger partial charge in [0, 0.05) is 30.0 Å². The lowest BCUT2D eigenvalue weighted by Crippen LogP contribution is -2.21. The third-order valence-corrected chi connectivity index (χ3v) is 5.25. The van der Waals surface area contributed by atoms with Gasteiger partial charge in [0.25, 0.3) is 0 Å². The Kier molecular flexibility index (Phi) is 4.74. The van der Waals surface area contributed by atoms with Gasteiger partial charge in [-0.2, -0.15) is 0 Å². The van der Waals surface area contributed by atoms with Gasteiger partial charge < -0.3 is 15.6 Å². The highest BCUT2D eigenvalue weighted by Crippen LogP contribution is 2.35. The average Bonchev–Trinajstić information content (AvgIpc) is 3.11. The Morgan fingerprint density at radius 2 is 1.55 bits per heavy atom. The fraction of sp³-hybridized carbons (Fsp3) is 0.250. The number of aromatic nitrogens is 3. The molecule has 0 fully saturated rings. The Balaban J connectivity index is 1.69. The summed E-state index contributed by atoms with van der Waals surface area (Å²) in [7, 11) is 1.93. The Hall–Kier alpha value is -3.34. The zero-order chi connectivity index (χ0) is 20.6. The van der Waals surface area contributed by atoms with Crippen molar-refractivity contribution in [3.63, 3.8) is 0 Å². The highest BCUT2D eigenvalue weighted by atomic mass is 15.1. The first-order chi connectivity index (χ1) is 13.9. The summed E-state index contributed by atoms with van der Waals surface area (Å²) in [6.45, 7) is 6.49. The molecule has 0 unspecified atom stereocenters. The summed E-state index contributed by atoms with van der Waals surface area (Å²) < 4.78 is 2.17. The maximum atomic E-state index is 6.24. The molecule has 29 heavy (non-hydrogen) atoms. The van der Waals surface area contributed by atoms with Crippen LogP contribution in [0.3, 0.4) is 0 Å². The average molecular weight is 386 g/mol. The molecule has 148 valence electrons. The fourth-order valence-electron chi connectivity index (χ4n) is 3.64. The van der Waals surface area contributed by atoms with Crippen molar-refractivity contribution in [2.24, 2.45) is 0 Å². The molecule has 5 heteroatoms. The molecule has 2 heterocycles. The van der Waals surface area contributed by atoms with Crippen LogP contribution in [0.1, 0.15) is 31.9 Å². The summed E-state index contributed by atoms with van der Waals surface area (Å²) in [4.78, 5) is 8.73. The molecule has 5 nitrogen and oxygen atoms in total. The molecule has 0 saturated heterocycles. The van der Waals surface area contributed by atoms with Crippen LogP contribution in [0.2, 0.25) is 0 Å². The molecule has 0 atom stereocenters. The van der Waals surface area contributed by atoms with Crippen LogP contribution in [0.4, 0.5) is 11.5 Å². The van der Waals surface area contributed by atoms with Gasteiger partial charge in [-0.1, -0.05) is 36.4 Å². The van der Waals surface area contributed by atoms with Crippen molar-refractivity contribution >= 4 is 22.5 Å². The largest absolute Gasteiger partial charge is 0.388 e. The summed E-state index contributed by atoms with van der Waals surface area (Å²) in [5.74, 6) is 0.515. The number of hydrogen-bond acceptors (Lipinski definition) is 4. The lowest BCUT2D eigenvalue weighted by Gasteiger charge is -2.21. The molecule has 2 aromatic heterocycles. The Labute approximate surface area is 171 Å². The Morgan fingerprint density at radius 1 is 0.931 bits per heavy atom. The van der Waals surface area contributed by atoms with Gasteiger partial charge in [-0.3, -0.25) is 0 Å². The van der Waals surface area contributed by atoms with Crippen LogP contribution in [-0.4, -0.2) is 21.6 Å². The minimum absolute atomic E-state index is 0.100. The Bertz CT molecular complexity index is 1130. The van der Waals surface area contributed by atoms with Crippen molar-refractivity contribution in [2.75, 3.05) is 18.1 Å². The number of nitrogens with one attached hydrogen (secondary N) is 1. The van der Waals surface area contributed by atoms with Gasteiger partial charge in [0.1, 0.15) is 17.8 Å². The number of nitrogen functional groups attached to an aromatic ring is 1. The molecule has 4 aromatic rings. The summed E-state index contributed by atoms with van der Waals surface area (Å²) in [6.07, 6.45) is 4.58. The van der Waals surface area contributed by atoms with Crippen molar-refractivity contribution in [1.82, 2.24) is 14.5 Å². The lowest BCUT2D eigenvalue weighted by atomic mass is 10.0. The number of nitrogens with two attached hydrogens (primary N) is 1. The number of rotatable bonds is 4. The molecule has 0 aliphatic carbocycles. The van der Waals surface area contributed by atoms with Gasteiger partial charge in [-0.15, -0.1) is 0 Å². The second-order valence-electron chi connectivity index (χ2n) is 8.36. The zero-order valence-corrected chi connectivity index (χ0v) is 17.4. The van der Waals surface area contributed by atoms with E-state index in [1.807, 2.05) is 7.05 Å². The van der Waals surface area contributed by atoms with Gasteiger partial charge in [0.05, 0.1) is 5.39 Å². The summed E-state index contributed by atoms with van der Waals surface area (Å²) >= 11 is 0. The van der Waals surface area contributed by atoms with Crippen LogP contribution >= 0.6 is 0 Å². The molecule has 0 aliphatic rings. The SMILES string of the molecule is CNc1ccc(Cc2ccc(-c3cn(C(C)(C)C)c4ncnc(N)c34)cc2)cc1. The maximum absolute atomic E-state index is 6.24. The van der Waals surface area contributed by atoms with Gasteiger partial charge in [0.2, 0.25) is 0 Å². The van der Waals surface area contributed by atoms with Crippen molar-refractivity contribution in [1.29, 1.82) is 0 Å². The minimum atomic E-state index is -0.100. The molecule has 0 saturated carbocycles. The quantitative estimate of drug-likeness (QED) is 0.515. The number of hydrogen-bond donors (Lipinski definition) is 2. The van der Waals surface area contributed by atoms with Crippen LogP contribution in [0.25, 0.3) is 22.2 Å². The molecule has 3 N–H and O–H groups in total. The normalized spacial score (nSPS) is 11.7. The van der Waals surface area contributed by atoms with E-state index in [1.165, 1.54) is 17.5 Å². The smallest absolute Gasteiger partial charge is 0.146 e. The second kappa shape index (κ2) is 7.24. The molecule has 0 aliphatic heterocycles. The van der Waals surface area contributed by atoms with E-state index in [2.05, 4.69) is 95.4 Å². The molecule has 0 spiro atoms. The fourth-order valence-corrected chi connectivity index (χ4v) is 3.64. The molecule has 4 rings (SSSR count). The van der Waals surface area contributed by atoms with Crippen LogP contribution < -0.4 is 11.1 Å². The predicted octanol–water partition coefficient (Wildman–Crippen LogP) is 5.07. The van der Waals surface area contributed by atoms with Crippen LogP contribution in [0.5, 0.6) is 0 Å². The number of anilines is 2. The van der Waals surface area contributed by atoms with Crippen LogP contribution in [0, 0.1) is 0 Å². The highest BCUT2D eigenvalue weighted by molar-refractivity contribution is 6.00. The summed E-state index contributed by atoms with van der Waals surface area (Å²) in [6, 6.07) is 17.2. The second-order valence-corrected chi connectivity index (χ2v) is 8.36. The van der Waals surface area contributed by atoms with E-state index in [1.54, 1.807) is 0 Å². The van der Waals surface area contributed by atoms with Crippen molar-refractivity contribution in [2.45, 2.75) is 32.7 Å². The van der Waals surface area contributed by atoms with Gasteiger partial charge >= 0.3 is 0 Å². The Morgan fingerprint density at radius 3 is 2.14 bits per heavy atom. The predicted molar refractivity (Wildman–Crippen MR) is 121 cm³/mol. The zero-order valence-electron chi connectivity index (χ0n) is 17.4. The molecule has 0 amide bonds. The topological polar surface area (TPSA) is 68.8 Å². The lowest BCUT2D eigenvalue weighted by molar-refractivity contribution is 0.408. The summed E-state index contributed by atoms with van der Waals surface area (Å²) in [5.41, 5.74) is 12.9. The first kappa shape index (κ1) is 19.0. The van der Waals surface area contributed by atoms with Gasteiger partial charge in [-0.05, 0) is 56.0 Å². The van der Waals surface area contributed by atoms with Crippen LogP contribution in [0.15, 0.2) is 61.1 Å². The van der Waals surface area contributed by atoms with E-state index < -0.39 is 0 Å². The first-order valence-electron chi connectivity index (χ1n) is 9.85. The van der Waals surface area contributed by atoms with E-state index in [-0.39, 0.29) is 5.54 Å². The number of benzene rings is 2. The molecule has 0 radical (unpaired) electrons. The molecular formula is C24H27N5. The van der Waals surface area contributed by atoms with E-state index in [0.717, 1.165) is 34.3 Å². The van der Waals surface area contributed by atoms with Crippen molar-refractivity contribution in [3.05, 3.63) is 72.2 Å². The van der Waals surface area contributed by atoms with Crippen LogP contribution in [-0.2, 0) is 12.0 Å². The number of nitrogens with zero attached hydrogens (tertiary/aromatic N) is 3. The first-order valence-corrected chi connectivity index (χ1v) is 9.85. The minimum Gasteiger partial charge on any atom is -0.388 e.